The molecule has 3 aliphatic heterocycles. The van der Waals surface area contributed by atoms with Gasteiger partial charge >= 0.3 is 0 Å². The number of hydrogen-bond acceptors (Lipinski definition) is 4. The number of aryl methyl sites for hydroxylation is 1. The minimum Gasteiger partial charge on any atom is -0.349 e. The van der Waals surface area contributed by atoms with E-state index < -0.39 is 0 Å². The summed E-state index contributed by atoms with van der Waals surface area (Å²) < 4.78 is 1.58. The lowest BCUT2D eigenvalue weighted by Gasteiger charge is -2.55. The lowest BCUT2D eigenvalue weighted by molar-refractivity contribution is -0.0371. The fourth-order valence-corrected chi connectivity index (χ4v) is 5.21. The molecular weight excluding hydrogens is 326 g/mol. The molecule has 4 rings (SSSR count). The average Bonchev–Trinajstić information content (AvgIpc) is 2.93. The van der Waals surface area contributed by atoms with Crippen molar-refractivity contribution >= 4 is 17.5 Å². The zero-order valence-electron chi connectivity index (χ0n) is 14.2. The van der Waals surface area contributed by atoms with Gasteiger partial charge in [0.2, 0.25) is 0 Å². The number of amides is 1. The maximum atomic E-state index is 12.4. The first-order valence-corrected chi connectivity index (χ1v) is 9.45. The Balaban J connectivity index is 1.46. The summed E-state index contributed by atoms with van der Waals surface area (Å²) in [5.41, 5.74) is 0.324. The lowest BCUT2D eigenvalue weighted by atomic mass is 9.73. The van der Waals surface area contributed by atoms with Crippen molar-refractivity contribution in [3.63, 3.8) is 0 Å². The van der Waals surface area contributed by atoms with E-state index in [1.165, 1.54) is 32.2 Å². The van der Waals surface area contributed by atoms with Gasteiger partial charge in [0.1, 0.15) is 0 Å². The highest BCUT2D eigenvalue weighted by Crippen LogP contribution is 2.38. The van der Waals surface area contributed by atoms with Crippen LogP contribution in [0.25, 0.3) is 0 Å². The predicted molar refractivity (Wildman–Crippen MR) is 93.2 cm³/mol. The van der Waals surface area contributed by atoms with Crippen molar-refractivity contribution in [1.82, 2.24) is 25.3 Å². The number of fused-ring (bicyclic) bond motifs is 4. The van der Waals surface area contributed by atoms with Crippen LogP contribution in [0.4, 0.5) is 0 Å². The fraction of sp³-hybridized carbons (Fsp3) is 0.765. The minimum absolute atomic E-state index is 0.167. The summed E-state index contributed by atoms with van der Waals surface area (Å²) in [5.74, 6) is 1.24. The van der Waals surface area contributed by atoms with Gasteiger partial charge < -0.3 is 10.6 Å². The number of nitrogens with one attached hydrogen (secondary N) is 2. The van der Waals surface area contributed by atoms with Crippen LogP contribution in [0, 0.1) is 11.8 Å². The Kier molecular flexibility index (Phi) is 4.54. The molecule has 4 heterocycles. The molecule has 24 heavy (non-hydrogen) atoms. The molecule has 6 nitrogen and oxygen atoms in total. The molecule has 0 aliphatic carbocycles. The van der Waals surface area contributed by atoms with Gasteiger partial charge in [0.15, 0.2) is 5.69 Å². The average molecular weight is 352 g/mol. The summed E-state index contributed by atoms with van der Waals surface area (Å²) in [5, 5.41) is 11.3. The molecule has 1 aromatic rings. The van der Waals surface area contributed by atoms with Gasteiger partial charge in [0.25, 0.3) is 5.91 Å². The van der Waals surface area contributed by atoms with E-state index in [-0.39, 0.29) is 5.91 Å². The third-order valence-electron chi connectivity index (χ3n) is 6.00. The first-order chi connectivity index (χ1) is 11.6. The summed E-state index contributed by atoms with van der Waals surface area (Å²) in [6, 6.07) is 1.11. The predicted octanol–water partition coefficient (Wildman–Crippen LogP) is 1.27. The van der Waals surface area contributed by atoms with E-state index in [9.17, 15) is 4.79 Å². The van der Waals surface area contributed by atoms with Crippen molar-refractivity contribution in [3.05, 3.63) is 16.9 Å². The Morgan fingerprint density at radius 3 is 3.04 bits per heavy atom. The zero-order chi connectivity index (χ0) is 16.7. The van der Waals surface area contributed by atoms with Gasteiger partial charge in [0.05, 0.1) is 5.02 Å². The summed E-state index contributed by atoms with van der Waals surface area (Å²) in [6.07, 6.45) is 6.87. The molecule has 7 heteroatoms. The van der Waals surface area contributed by atoms with E-state index in [0.717, 1.165) is 19.0 Å². The summed E-state index contributed by atoms with van der Waals surface area (Å²) >= 11 is 6.09. The molecule has 0 saturated carbocycles. The van der Waals surface area contributed by atoms with Gasteiger partial charge in [-0.15, -0.1) is 0 Å². The van der Waals surface area contributed by atoms with Crippen LogP contribution in [0.5, 0.6) is 0 Å². The Morgan fingerprint density at radius 2 is 2.25 bits per heavy atom. The van der Waals surface area contributed by atoms with E-state index in [1.807, 2.05) is 0 Å². The number of rotatable bonds is 3. The molecule has 3 saturated heterocycles. The number of halogens is 1. The highest BCUT2D eigenvalue weighted by atomic mass is 35.5. The molecule has 1 aromatic heterocycles. The minimum atomic E-state index is -0.167. The summed E-state index contributed by atoms with van der Waals surface area (Å²) in [7, 11) is 1.77. The van der Waals surface area contributed by atoms with Crippen LogP contribution in [0.15, 0.2) is 6.20 Å². The molecule has 4 atom stereocenters. The SMILES string of the molecule is Cn1cc(Cl)c(C(=O)NC[C@H]2[C@@H]3CNC[C@@H](C3)[C@@H]3CCCCN32)n1. The van der Waals surface area contributed by atoms with Gasteiger partial charge in [-0.1, -0.05) is 18.0 Å². The van der Waals surface area contributed by atoms with Gasteiger partial charge in [0, 0.05) is 31.9 Å². The second-order valence-corrected chi connectivity index (χ2v) is 7.90. The van der Waals surface area contributed by atoms with Crippen LogP contribution in [-0.2, 0) is 7.05 Å². The number of carbonyl (C=O) groups excluding carboxylic acids is 1. The first kappa shape index (κ1) is 16.4. The molecule has 3 aliphatic rings. The smallest absolute Gasteiger partial charge is 0.273 e. The topological polar surface area (TPSA) is 62.2 Å². The molecule has 0 spiro atoms. The van der Waals surface area contributed by atoms with Gasteiger partial charge in [-0.3, -0.25) is 14.4 Å². The molecule has 132 valence electrons. The third-order valence-corrected chi connectivity index (χ3v) is 6.27. The maximum Gasteiger partial charge on any atom is 0.273 e. The van der Waals surface area contributed by atoms with E-state index in [1.54, 1.807) is 17.9 Å². The number of aromatic nitrogens is 2. The van der Waals surface area contributed by atoms with Crippen molar-refractivity contribution in [1.29, 1.82) is 0 Å². The molecule has 3 fully saturated rings. The summed E-state index contributed by atoms with van der Waals surface area (Å²) in [6.45, 7) is 4.06. The van der Waals surface area contributed by atoms with Crippen LogP contribution in [0.2, 0.25) is 5.02 Å². The quantitative estimate of drug-likeness (QED) is 0.860. The van der Waals surface area contributed by atoms with E-state index >= 15 is 0 Å². The van der Waals surface area contributed by atoms with Gasteiger partial charge in [-0.25, -0.2) is 0 Å². The highest BCUT2D eigenvalue weighted by molar-refractivity contribution is 6.33. The van der Waals surface area contributed by atoms with Gasteiger partial charge in [-0.05, 0) is 50.7 Å². The van der Waals surface area contributed by atoms with Crippen molar-refractivity contribution in [2.45, 2.75) is 37.8 Å². The molecule has 0 unspecified atom stereocenters. The normalized spacial score (nSPS) is 33.1. The van der Waals surface area contributed by atoms with Crippen LogP contribution >= 0.6 is 11.6 Å². The largest absolute Gasteiger partial charge is 0.349 e. The van der Waals surface area contributed by atoms with Crippen molar-refractivity contribution in [2.24, 2.45) is 18.9 Å². The van der Waals surface area contributed by atoms with Gasteiger partial charge in [-0.2, -0.15) is 5.10 Å². The summed E-state index contributed by atoms with van der Waals surface area (Å²) in [4.78, 5) is 15.1. The Hall–Kier alpha value is -1.11. The number of hydrogen-bond donors (Lipinski definition) is 2. The van der Waals surface area contributed by atoms with Crippen molar-refractivity contribution in [3.8, 4) is 0 Å². The highest BCUT2D eigenvalue weighted by Gasteiger charge is 2.45. The fourth-order valence-electron chi connectivity index (χ4n) is 4.94. The van der Waals surface area contributed by atoms with E-state index in [2.05, 4.69) is 20.6 Å². The van der Waals surface area contributed by atoms with Crippen LogP contribution in [0.1, 0.15) is 36.2 Å². The Labute approximate surface area is 147 Å². The second-order valence-electron chi connectivity index (χ2n) is 7.49. The molecular formula is C17H26ClN5O. The Morgan fingerprint density at radius 1 is 1.42 bits per heavy atom. The maximum absolute atomic E-state index is 12.4. The van der Waals surface area contributed by atoms with Crippen molar-refractivity contribution in [2.75, 3.05) is 26.2 Å². The van der Waals surface area contributed by atoms with E-state index in [4.69, 9.17) is 11.6 Å². The Bertz CT molecular complexity index is 618. The van der Waals surface area contributed by atoms with Crippen LogP contribution in [-0.4, -0.2) is 58.9 Å². The molecule has 0 aromatic carbocycles. The monoisotopic (exact) mass is 351 g/mol. The van der Waals surface area contributed by atoms with Crippen LogP contribution < -0.4 is 10.6 Å². The standard InChI is InChI=1S/C17H26ClN5O/c1-22-10-13(18)16(21-22)17(24)20-9-15-12-6-11(7-19-8-12)14-4-2-3-5-23(14)15/h10-12,14-15,19H,2-9H2,1H3,(H,20,24)/t11-,12+,14+,15+/m1/s1. The second kappa shape index (κ2) is 6.65. The zero-order valence-corrected chi connectivity index (χ0v) is 14.9. The number of carbonyl (C=O) groups is 1. The molecule has 2 N–H and O–H groups in total. The lowest BCUT2D eigenvalue weighted by Crippen LogP contribution is -2.65. The van der Waals surface area contributed by atoms with Crippen molar-refractivity contribution < 1.29 is 4.79 Å². The van der Waals surface area contributed by atoms with E-state index in [0.29, 0.717) is 35.3 Å². The first-order valence-electron chi connectivity index (χ1n) is 9.07. The van der Waals surface area contributed by atoms with Crippen LogP contribution in [0.3, 0.4) is 0 Å². The third kappa shape index (κ3) is 2.95. The molecule has 2 bridgehead atoms. The molecule has 1 amide bonds. The molecule has 0 radical (unpaired) electrons. The number of nitrogens with zero attached hydrogens (tertiary/aromatic N) is 3. The number of piperidine rings is 3.